The van der Waals surface area contributed by atoms with Gasteiger partial charge in [-0.15, -0.1) is 0 Å². The molecule has 1 saturated carbocycles. The van der Waals surface area contributed by atoms with Gasteiger partial charge in [0.05, 0.1) is 6.61 Å². The Kier molecular flexibility index (Phi) is 5.26. The summed E-state index contributed by atoms with van der Waals surface area (Å²) in [4.78, 5) is 0. The Morgan fingerprint density at radius 2 is 2.06 bits per heavy atom. The summed E-state index contributed by atoms with van der Waals surface area (Å²) in [6, 6.07) is 0. The van der Waals surface area contributed by atoms with Gasteiger partial charge in [-0.1, -0.05) is 6.42 Å². The zero-order chi connectivity index (χ0) is 12.0. The maximum Gasteiger partial charge on any atom is 0.0587 e. The number of rotatable bonds is 7. The van der Waals surface area contributed by atoms with Gasteiger partial charge in [0, 0.05) is 33.4 Å². The molecule has 1 N–H and O–H groups in total. The fourth-order valence-electron chi connectivity index (χ4n) is 3.22. The summed E-state index contributed by atoms with van der Waals surface area (Å²) in [6.07, 6.45) is 8.24. The van der Waals surface area contributed by atoms with Crippen molar-refractivity contribution in [3.8, 4) is 0 Å². The summed E-state index contributed by atoms with van der Waals surface area (Å²) < 4.78 is 10.5. The summed E-state index contributed by atoms with van der Waals surface area (Å²) in [5, 5.41) is 3.56. The van der Waals surface area contributed by atoms with Gasteiger partial charge in [-0.25, -0.2) is 0 Å². The summed E-state index contributed by atoms with van der Waals surface area (Å²) in [7, 11) is 1.77. The number of ether oxygens (including phenoxy) is 2. The molecule has 2 fully saturated rings. The van der Waals surface area contributed by atoms with Crippen LogP contribution < -0.4 is 5.32 Å². The molecule has 0 atom stereocenters. The zero-order valence-electron chi connectivity index (χ0n) is 11.2. The third-order valence-corrected chi connectivity index (χ3v) is 4.46. The van der Waals surface area contributed by atoms with Crippen LogP contribution in [0.1, 0.15) is 38.5 Å². The van der Waals surface area contributed by atoms with Crippen LogP contribution >= 0.6 is 0 Å². The molecule has 0 bridgehead atoms. The maximum absolute atomic E-state index is 5.45. The molecule has 0 amide bonds. The van der Waals surface area contributed by atoms with Crippen LogP contribution in [0.3, 0.4) is 0 Å². The maximum atomic E-state index is 5.45. The Labute approximate surface area is 105 Å². The van der Waals surface area contributed by atoms with Crippen molar-refractivity contribution < 1.29 is 9.47 Å². The van der Waals surface area contributed by atoms with Crippen molar-refractivity contribution in [2.24, 2.45) is 11.3 Å². The molecule has 0 aromatic carbocycles. The standard InChI is InChI=1S/C14H27NO2/c1-16-10-7-15-12-14(5-2-6-14)11-13-3-8-17-9-4-13/h13,15H,2-12H2,1H3. The average molecular weight is 241 g/mol. The van der Waals surface area contributed by atoms with Crippen LogP contribution in [0.5, 0.6) is 0 Å². The van der Waals surface area contributed by atoms with Crippen LogP contribution in [-0.2, 0) is 9.47 Å². The number of hydrogen-bond acceptors (Lipinski definition) is 3. The van der Waals surface area contributed by atoms with Crippen molar-refractivity contribution in [2.75, 3.05) is 40.0 Å². The lowest BCUT2D eigenvalue weighted by molar-refractivity contribution is 0.0233. The molecule has 0 aromatic heterocycles. The smallest absolute Gasteiger partial charge is 0.0587 e. The topological polar surface area (TPSA) is 30.5 Å². The largest absolute Gasteiger partial charge is 0.383 e. The van der Waals surface area contributed by atoms with E-state index in [-0.39, 0.29) is 0 Å². The highest BCUT2D eigenvalue weighted by Gasteiger charge is 2.38. The second kappa shape index (κ2) is 6.72. The first-order valence-corrected chi connectivity index (χ1v) is 7.12. The van der Waals surface area contributed by atoms with Crippen molar-refractivity contribution in [3.05, 3.63) is 0 Å². The molecule has 1 saturated heterocycles. The van der Waals surface area contributed by atoms with Crippen LogP contribution in [0, 0.1) is 11.3 Å². The molecule has 1 aliphatic carbocycles. The first-order chi connectivity index (χ1) is 8.35. The Morgan fingerprint density at radius 1 is 1.29 bits per heavy atom. The highest BCUT2D eigenvalue weighted by Crippen LogP contribution is 2.46. The van der Waals surface area contributed by atoms with E-state index >= 15 is 0 Å². The summed E-state index contributed by atoms with van der Waals surface area (Å²) in [5.74, 6) is 0.910. The van der Waals surface area contributed by atoms with Crippen LogP contribution in [0.25, 0.3) is 0 Å². The Balaban J connectivity index is 1.70. The molecule has 2 rings (SSSR count). The van der Waals surface area contributed by atoms with Gasteiger partial charge in [0.1, 0.15) is 0 Å². The summed E-state index contributed by atoms with van der Waals surface area (Å²) in [6.45, 7) is 4.97. The summed E-state index contributed by atoms with van der Waals surface area (Å²) >= 11 is 0. The van der Waals surface area contributed by atoms with Crippen LogP contribution in [0.2, 0.25) is 0 Å². The average Bonchev–Trinajstić information content (AvgIpc) is 2.32. The lowest BCUT2D eigenvalue weighted by Gasteiger charge is -2.45. The molecule has 3 nitrogen and oxygen atoms in total. The van der Waals surface area contributed by atoms with E-state index in [2.05, 4.69) is 5.32 Å². The molecular weight excluding hydrogens is 214 g/mol. The van der Waals surface area contributed by atoms with Crippen molar-refractivity contribution >= 4 is 0 Å². The Hall–Kier alpha value is -0.120. The minimum atomic E-state index is 0.607. The molecule has 0 unspecified atom stereocenters. The number of nitrogens with one attached hydrogen (secondary N) is 1. The van der Waals surface area contributed by atoms with E-state index in [1.165, 1.54) is 45.1 Å². The van der Waals surface area contributed by atoms with Gasteiger partial charge in [-0.3, -0.25) is 0 Å². The van der Waals surface area contributed by atoms with Gasteiger partial charge in [-0.05, 0) is 43.4 Å². The molecule has 3 heteroatoms. The van der Waals surface area contributed by atoms with Gasteiger partial charge in [0.25, 0.3) is 0 Å². The highest BCUT2D eigenvalue weighted by atomic mass is 16.5. The third-order valence-electron chi connectivity index (χ3n) is 4.46. The second-order valence-corrected chi connectivity index (χ2v) is 5.78. The first-order valence-electron chi connectivity index (χ1n) is 7.12. The lowest BCUT2D eigenvalue weighted by atomic mass is 9.63. The van der Waals surface area contributed by atoms with Crippen molar-refractivity contribution in [2.45, 2.75) is 38.5 Å². The minimum Gasteiger partial charge on any atom is -0.383 e. The van der Waals surface area contributed by atoms with Gasteiger partial charge in [0.2, 0.25) is 0 Å². The predicted molar refractivity (Wildman–Crippen MR) is 69.2 cm³/mol. The Morgan fingerprint density at radius 3 is 2.65 bits per heavy atom. The van der Waals surface area contributed by atoms with Crippen molar-refractivity contribution in [3.63, 3.8) is 0 Å². The predicted octanol–water partition coefficient (Wildman–Crippen LogP) is 2.21. The molecule has 1 heterocycles. The normalized spacial score (nSPS) is 24.5. The minimum absolute atomic E-state index is 0.607. The Bertz CT molecular complexity index is 210. The van der Waals surface area contributed by atoms with Gasteiger partial charge in [0.15, 0.2) is 0 Å². The van der Waals surface area contributed by atoms with Crippen LogP contribution in [-0.4, -0.2) is 40.0 Å². The molecular formula is C14H27NO2. The molecule has 17 heavy (non-hydrogen) atoms. The van der Waals surface area contributed by atoms with E-state index in [4.69, 9.17) is 9.47 Å². The SMILES string of the molecule is COCCNCC1(CC2CCOCC2)CCC1. The van der Waals surface area contributed by atoms with Crippen LogP contribution in [0.15, 0.2) is 0 Å². The van der Waals surface area contributed by atoms with E-state index in [9.17, 15) is 0 Å². The molecule has 0 aromatic rings. The monoisotopic (exact) mass is 241 g/mol. The fourth-order valence-corrected chi connectivity index (χ4v) is 3.22. The van der Waals surface area contributed by atoms with Gasteiger partial charge >= 0.3 is 0 Å². The zero-order valence-corrected chi connectivity index (χ0v) is 11.2. The quantitative estimate of drug-likeness (QED) is 0.693. The highest BCUT2D eigenvalue weighted by molar-refractivity contribution is 4.91. The number of methoxy groups -OCH3 is 1. The second-order valence-electron chi connectivity index (χ2n) is 5.78. The van der Waals surface area contributed by atoms with E-state index < -0.39 is 0 Å². The molecule has 100 valence electrons. The van der Waals surface area contributed by atoms with Crippen molar-refractivity contribution in [1.82, 2.24) is 5.32 Å². The molecule has 1 aliphatic heterocycles. The summed E-state index contributed by atoms with van der Waals surface area (Å²) in [5.41, 5.74) is 0.607. The molecule has 2 aliphatic rings. The molecule has 0 radical (unpaired) electrons. The van der Waals surface area contributed by atoms with Gasteiger partial charge < -0.3 is 14.8 Å². The van der Waals surface area contributed by atoms with Crippen LogP contribution in [0.4, 0.5) is 0 Å². The number of hydrogen-bond donors (Lipinski definition) is 1. The lowest BCUT2D eigenvalue weighted by Crippen LogP contribution is -2.42. The van der Waals surface area contributed by atoms with E-state index in [1.54, 1.807) is 7.11 Å². The molecule has 0 spiro atoms. The van der Waals surface area contributed by atoms with E-state index in [1.807, 2.05) is 0 Å². The third kappa shape index (κ3) is 3.94. The van der Waals surface area contributed by atoms with Crippen molar-refractivity contribution in [1.29, 1.82) is 0 Å². The fraction of sp³-hybridized carbons (Fsp3) is 1.00. The van der Waals surface area contributed by atoms with Gasteiger partial charge in [-0.2, -0.15) is 0 Å². The van der Waals surface area contributed by atoms with E-state index in [0.29, 0.717) is 5.41 Å². The van der Waals surface area contributed by atoms with E-state index in [0.717, 1.165) is 32.3 Å². The first kappa shape index (κ1) is 13.3.